The van der Waals surface area contributed by atoms with E-state index in [2.05, 4.69) is 81.2 Å². The Labute approximate surface area is 161 Å². The highest BCUT2D eigenvalue weighted by atomic mass is 14.8. The average Bonchev–Trinajstić information content (AvgIpc) is 2.61. The molecule has 3 heteroatoms. The van der Waals surface area contributed by atoms with Crippen LogP contribution >= 0.6 is 0 Å². The minimum Gasteiger partial charge on any atom is -0.383 e. The molecule has 2 aromatic carbocycles. The normalized spacial score (nSPS) is 10.8. The summed E-state index contributed by atoms with van der Waals surface area (Å²) in [5.41, 5.74) is 13.9. The van der Waals surface area contributed by atoms with Crippen LogP contribution in [0.1, 0.15) is 36.1 Å². The van der Waals surface area contributed by atoms with E-state index in [1.807, 2.05) is 6.07 Å². The van der Waals surface area contributed by atoms with Crippen LogP contribution in [0.4, 0.5) is 5.82 Å². The molecule has 2 N–H and O–H groups in total. The van der Waals surface area contributed by atoms with Crippen molar-refractivity contribution in [3.8, 4) is 28.5 Å². The Hall–Kier alpha value is -3.12. The van der Waals surface area contributed by atoms with Gasteiger partial charge in [0.15, 0.2) is 0 Å². The molecule has 0 unspecified atom stereocenters. The lowest BCUT2D eigenvalue weighted by molar-refractivity contribution is 0.647. The first-order chi connectivity index (χ1) is 12.9. The number of nitrogens with zero attached hydrogens (tertiary/aromatic N) is 2. The molecule has 0 aliphatic carbocycles. The fourth-order valence-corrected chi connectivity index (χ4v) is 3.44. The molecular formula is C24H25N3. The monoisotopic (exact) mass is 355 g/mol. The minimum atomic E-state index is 0.274. The molecule has 0 radical (unpaired) electrons. The summed E-state index contributed by atoms with van der Waals surface area (Å²) in [7, 11) is 0. The summed E-state index contributed by atoms with van der Waals surface area (Å²) < 4.78 is 0. The minimum absolute atomic E-state index is 0.274. The van der Waals surface area contributed by atoms with Crippen molar-refractivity contribution in [1.82, 2.24) is 4.98 Å². The molecule has 0 aliphatic heterocycles. The Morgan fingerprint density at radius 2 is 1.70 bits per heavy atom. The second kappa shape index (κ2) is 7.63. The number of anilines is 1. The first-order valence-corrected chi connectivity index (χ1v) is 9.26. The van der Waals surface area contributed by atoms with E-state index in [1.54, 1.807) is 0 Å². The zero-order valence-electron chi connectivity index (χ0n) is 16.4. The lowest BCUT2D eigenvalue weighted by Crippen LogP contribution is -2.01. The van der Waals surface area contributed by atoms with Crippen molar-refractivity contribution in [3.05, 3.63) is 70.8 Å². The Morgan fingerprint density at radius 3 is 2.30 bits per heavy atom. The molecule has 0 aliphatic rings. The van der Waals surface area contributed by atoms with Crippen LogP contribution in [0.15, 0.2) is 48.5 Å². The number of benzene rings is 2. The number of aromatic nitrogens is 1. The molecule has 3 rings (SSSR count). The molecule has 1 heterocycles. The maximum Gasteiger partial charge on any atom is 0.142 e. The van der Waals surface area contributed by atoms with E-state index in [0.717, 1.165) is 34.4 Å². The number of nitrogens with two attached hydrogens (primary N) is 1. The van der Waals surface area contributed by atoms with Gasteiger partial charge in [0.25, 0.3) is 0 Å². The highest BCUT2D eigenvalue weighted by Crippen LogP contribution is 2.33. The first-order valence-electron chi connectivity index (χ1n) is 9.26. The van der Waals surface area contributed by atoms with Crippen LogP contribution < -0.4 is 5.73 Å². The van der Waals surface area contributed by atoms with Gasteiger partial charge in [-0.05, 0) is 48.9 Å². The molecule has 1 aromatic heterocycles. The molecule has 136 valence electrons. The zero-order chi connectivity index (χ0) is 19.6. The smallest absolute Gasteiger partial charge is 0.142 e. The van der Waals surface area contributed by atoms with Gasteiger partial charge in [-0.3, -0.25) is 0 Å². The molecule has 0 spiro atoms. The van der Waals surface area contributed by atoms with E-state index < -0.39 is 0 Å². The van der Waals surface area contributed by atoms with E-state index in [4.69, 9.17) is 5.73 Å². The molecule has 27 heavy (non-hydrogen) atoms. The Kier molecular flexibility index (Phi) is 5.28. The summed E-state index contributed by atoms with van der Waals surface area (Å²) in [6.45, 7) is 8.55. The highest BCUT2D eigenvalue weighted by molar-refractivity contribution is 5.81. The van der Waals surface area contributed by atoms with Crippen LogP contribution in [0.5, 0.6) is 0 Å². The second-order valence-corrected chi connectivity index (χ2v) is 7.54. The first kappa shape index (κ1) is 18.7. The summed E-state index contributed by atoms with van der Waals surface area (Å²) in [5, 5.41) is 9.62. The summed E-state index contributed by atoms with van der Waals surface area (Å²) in [6, 6.07) is 18.9. The molecule has 0 saturated carbocycles. The van der Waals surface area contributed by atoms with Gasteiger partial charge in [0.05, 0.1) is 5.69 Å². The van der Waals surface area contributed by atoms with Crippen molar-refractivity contribution in [1.29, 1.82) is 5.26 Å². The summed E-state index contributed by atoms with van der Waals surface area (Å²) in [6.07, 6.45) is 1.05. The van der Waals surface area contributed by atoms with Crippen molar-refractivity contribution in [3.63, 3.8) is 0 Å². The molecule has 0 saturated heterocycles. The van der Waals surface area contributed by atoms with Crippen LogP contribution in [0.3, 0.4) is 0 Å². The standard InChI is InChI=1S/C24H25N3/c1-15(2)11-18-6-8-19(9-7-18)23-13-21(22(14-25)24(26)27-23)20-10-5-16(3)12-17(20)4/h5-10,12-13,15H,11H2,1-4H3,(H2,26,27). The van der Waals surface area contributed by atoms with Gasteiger partial charge in [-0.1, -0.05) is 61.9 Å². The highest BCUT2D eigenvalue weighted by Gasteiger charge is 2.15. The van der Waals surface area contributed by atoms with Crippen molar-refractivity contribution in [2.24, 2.45) is 5.92 Å². The molecule has 0 bridgehead atoms. The third-order valence-electron chi connectivity index (χ3n) is 4.72. The maximum absolute atomic E-state index is 9.62. The van der Waals surface area contributed by atoms with Crippen molar-refractivity contribution < 1.29 is 0 Å². The van der Waals surface area contributed by atoms with Gasteiger partial charge in [-0.25, -0.2) is 4.98 Å². The zero-order valence-corrected chi connectivity index (χ0v) is 16.4. The van der Waals surface area contributed by atoms with Gasteiger partial charge in [0, 0.05) is 11.1 Å². The average molecular weight is 355 g/mol. The van der Waals surface area contributed by atoms with Crippen LogP contribution in [0.2, 0.25) is 0 Å². The van der Waals surface area contributed by atoms with E-state index >= 15 is 0 Å². The van der Waals surface area contributed by atoms with Crippen LogP contribution in [-0.4, -0.2) is 4.98 Å². The Balaban J connectivity index is 2.11. The van der Waals surface area contributed by atoms with E-state index in [9.17, 15) is 5.26 Å². The summed E-state index contributed by atoms with van der Waals surface area (Å²) in [5.74, 6) is 0.895. The predicted molar refractivity (Wildman–Crippen MR) is 112 cm³/mol. The molecular weight excluding hydrogens is 330 g/mol. The van der Waals surface area contributed by atoms with Gasteiger partial charge < -0.3 is 5.73 Å². The Morgan fingerprint density at radius 1 is 1.00 bits per heavy atom. The molecule has 0 amide bonds. The third-order valence-corrected chi connectivity index (χ3v) is 4.72. The number of rotatable bonds is 4. The van der Waals surface area contributed by atoms with Gasteiger partial charge in [0.2, 0.25) is 0 Å². The third kappa shape index (κ3) is 4.01. The second-order valence-electron chi connectivity index (χ2n) is 7.54. The number of aryl methyl sites for hydroxylation is 2. The van der Waals surface area contributed by atoms with Crippen LogP contribution in [0, 0.1) is 31.1 Å². The van der Waals surface area contributed by atoms with Gasteiger partial charge in [-0.15, -0.1) is 0 Å². The molecule has 3 aromatic rings. The van der Waals surface area contributed by atoms with E-state index in [0.29, 0.717) is 11.5 Å². The molecule has 0 atom stereocenters. The lowest BCUT2D eigenvalue weighted by Gasteiger charge is -2.13. The number of hydrogen-bond donors (Lipinski definition) is 1. The van der Waals surface area contributed by atoms with Crippen LogP contribution in [0.25, 0.3) is 22.4 Å². The quantitative estimate of drug-likeness (QED) is 0.654. The fraction of sp³-hybridized carbons (Fsp3) is 0.250. The summed E-state index contributed by atoms with van der Waals surface area (Å²) in [4.78, 5) is 4.49. The SMILES string of the molecule is Cc1ccc(-c2cc(-c3ccc(CC(C)C)cc3)nc(N)c2C#N)c(C)c1. The van der Waals surface area contributed by atoms with Crippen molar-refractivity contribution in [2.45, 2.75) is 34.1 Å². The van der Waals surface area contributed by atoms with Crippen molar-refractivity contribution in [2.75, 3.05) is 5.73 Å². The van der Waals surface area contributed by atoms with Gasteiger partial charge >= 0.3 is 0 Å². The number of hydrogen-bond acceptors (Lipinski definition) is 3. The molecule has 0 fully saturated rings. The van der Waals surface area contributed by atoms with Gasteiger partial charge in [-0.2, -0.15) is 5.26 Å². The van der Waals surface area contributed by atoms with E-state index in [-0.39, 0.29) is 5.82 Å². The molecule has 3 nitrogen and oxygen atoms in total. The fourth-order valence-electron chi connectivity index (χ4n) is 3.44. The summed E-state index contributed by atoms with van der Waals surface area (Å²) >= 11 is 0. The van der Waals surface area contributed by atoms with Crippen molar-refractivity contribution >= 4 is 5.82 Å². The lowest BCUT2D eigenvalue weighted by atomic mass is 9.94. The topological polar surface area (TPSA) is 62.7 Å². The van der Waals surface area contributed by atoms with Gasteiger partial charge in [0.1, 0.15) is 17.5 Å². The number of nitriles is 1. The van der Waals surface area contributed by atoms with E-state index in [1.165, 1.54) is 11.1 Å². The largest absolute Gasteiger partial charge is 0.383 e. The van der Waals surface area contributed by atoms with Crippen LogP contribution in [-0.2, 0) is 6.42 Å². The Bertz CT molecular complexity index is 1010. The number of pyridine rings is 1. The maximum atomic E-state index is 9.62. The number of nitrogen functional groups attached to an aromatic ring is 1. The predicted octanol–water partition coefficient (Wildman–Crippen LogP) is 5.68.